The number of carboxylic acid groups (broad SMARTS) is 1. The van der Waals surface area contributed by atoms with E-state index in [1.807, 2.05) is 0 Å². The number of hydrogen-bond acceptors (Lipinski definition) is 3. The molecule has 0 bridgehead atoms. The molecule has 106 valence electrons. The number of anilines is 1. The summed E-state index contributed by atoms with van der Waals surface area (Å²) in [5.41, 5.74) is -2.42. The lowest BCUT2D eigenvalue weighted by Gasteiger charge is -2.29. The molecule has 0 aliphatic rings. The van der Waals surface area contributed by atoms with Crippen molar-refractivity contribution in [2.75, 3.05) is 5.32 Å². The molecule has 0 spiro atoms. The summed E-state index contributed by atoms with van der Waals surface area (Å²) in [6.45, 7) is 3.20. The molecular formula is C12H15F3N2O2. The lowest BCUT2D eigenvalue weighted by Crippen LogP contribution is -2.46. The number of nitrogens with zero attached hydrogens (tertiary/aromatic N) is 1. The second kappa shape index (κ2) is 5.46. The van der Waals surface area contributed by atoms with E-state index in [0.29, 0.717) is 0 Å². The highest BCUT2D eigenvalue weighted by molar-refractivity contribution is 5.82. The maximum absolute atomic E-state index is 12.8. The Kier molecular flexibility index (Phi) is 4.39. The van der Waals surface area contributed by atoms with Crippen molar-refractivity contribution in [3.8, 4) is 0 Å². The fourth-order valence-corrected chi connectivity index (χ4v) is 1.74. The highest BCUT2D eigenvalue weighted by Crippen LogP contribution is 2.35. The van der Waals surface area contributed by atoms with Crippen LogP contribution in [0, 0.1) is 0 Å². The van der Waals surface area contributed by atoms with Gasteiger partial charge in [-0.3, -0.25) is 0 Å². The van der Waals surface area contributed by atoms with Gasteiger partial charge in [0.15, 0.2) is 0 Å². The van der Waals surface area contributed by atoms with E-state index < -0.39 is 29.1 Å². The topological polar surface area (TPSA) is 62.2 Å². The predicted octanol–water partition coefficient (Wildman–Crippen LogP) is 3.16. The van der Waals surface area contributed by atoms with Crippen LogP contribution in [0.15, 0.2) is 18.3 Å². The highest BCUT2D eigenvalue weighted by Gasteiger charge is 2.39. The van der Waals surface area contributed by atoms with Crippen molar-refractivity contribution in [3.63, 3.8) is 0 Å². The second-order valence-electron chi connectivity index (χ2n) is 4.12. The van der Waals surface area contributed by atoms with Crippen LogP contribution in [0.25, 0.3) is 0 Å². The minimum atomic E-state index is -4.58. The molecule has 1 aromatic heterocycles. The van der Waals surface area contributed by atoms with Gasteiger partial charge < -0.3 is 10.4 Å². The zero-order chi connectivity index (χ0) is 14.7. The standard InChI is InChI=1S/C12H15F3N2O2/c1-3-11(4-2,10(18)19)17-9-8(12(13,14)15)6-5-7-16-9/h5-7H,3-4H2,1-2H3,(H,16,17)(H,18,19). The van der Waals surface area contributed by atoms with Gasteiger partial charge in [0.1, 0.15) is 11.4 Å². The summed E-state index contributed by atoms with van der Waals surface area (Å²) in [5, 5.41) is 11.6. The van der Waals surface area contributed by atoms with Crippen LogP contribution >= 0.6 is 0 Å². The van der Waals surface area contributed by atoms with Gasteiger partial charge in [-0.05, 0) is 25.0 Å². The van der Waals surface area contributed by atoms with Gasteiger partial charge in [-0.1, -0.05) is 13.8 Å². The molecule has 0 unspecified atom stereocenters. The SMILES string of the molecule is CCC(CC)(Nc1ncccc1C(F)(F)F)C(=O)O. The second-order valence-corrected chi connectivity index (χ2v) is 4.12. The van der Waals surface area contributed by atoms with Gasteiger partial charge in [-0.2, -0.15) is 13.2 Å². The molecule has 0 amide bonds. The average molecular weight is 276 g/mol. The molecule has 0 aliphatic carbocycles. The largest absolute Gasteiger partial charge is 0.480 e. The monoisotopic (exact) mass is 276 g/mol. The number of rotatable bonds is 5. The Morgan fingerprint density at radius 2 is 1.95 bits per heavy atom. The van der Waals surface area contributed by atoms with Crippen LogP contribution in [0.2, 0.25) is 0 Å². The van der Waals surface area contributed by atoms with Gasteiger partial charge in [0, 0.05) is 6.20 Å². The molecule has 0 atom stereocenters. The smallest absolute Gasteiger partial charge is 0.419 e. The summed E-state index contributed by atoms with van der Waals surface area (Å²) in [6, 6.07) is 2.03. The first-order chi connectivity index (χ1) is 8.77. The van der Waals surface area contributed by atoms with Gasteiger partial charge in [0.2, 0.25) is 0 Å². The lowest BCUT2D eigenvalue weighted by atomic mass is 9.92. The van der Waals surface area contributed by atoms with Gasteiger partial charge in [0.05, 0.1) is 5.56 Å². The van der Waals surface area contributed by atoms with Crippen LogP contribution < -0.4 is 5.32 Å². The Labute approximate surface area is 108 Å². The molecular weight excluding hydrogens is 261 g/mol. The van der Waals surface area contributed by atoms with Crippen molar-refractivity contribution in [2.24, 2.45) is 0 Å². The minimum absolute atomic E-state index is 0.146. The van der Waals surface area contributed by atoms with E-state index in [2.05, 4.69) is 10.3 Å². The molecule has 7 heteroatoms. The molecule has 0 fully saturated rings. The maximum Gasteiger partial charge on any atom is 0.419 e. The molecule has 4 nitrogen and oxygen atoms in total. The number of carboxylic acids is 1. The summed E-state index contributed by atoms with van der Waals surface area (Å²) in [5.74, 6) is -1.66. The summed E-state index contributed by atoms with van der Waals surface area (Å²) < 4.78 is 38.4. The fraction of sp³-hybridized carbons (Fsp3) is 0.500. The molecule has 1 heterocycles. The predicted molar refractivity (Wildman–Crippen MR) is 63.8 cm³/mol. The zero-order valence-corrected chi connectivity index (χ0v) is 10.6. The molecule has 1 aromatic rings. The van der Waals surface area contributed by atoms with Crippen molar-refractivity contribution >= 4 is 11.8 Å². The van der Waals surface area contributed by atoms with Gasteiger partial charge in [-0.15, -0.1) is 0 Å². The fourth-order valence-electron chi connectivity index (χ4n) is 1.74. The third kappa shape index (κ3) is 3.15. The zero-order valence-electron chi connectivity index (χ0n) is 10.6. The van der Waals surface area contributed by atoms with E-state index in [4.69, 9.17) is 0 Å². The number of aromatic nitrogens is 1. The summed E-state index contributed by atoms with van der Waals surface area (Å²) in [4.78, 5) is 14.9. The summed E-state index contributed by atoms with van der Waals surface area (Å²) >= 11 is 0. The quantitative estimate of drug-likeness (QED) is 0.867. The van der Waals surface area contributed by atoms with Crippen molar-refractivity contribution < 1.29 is 23.1 Å². The molecule has 1 rings (SSSR count). The third-order valence-electron chi connectivity index (χ3n) is 3.09. The van der Waals surface area contributed by atoms with Crippen LogP contribution in [0.1, 0.15) is 32.3 Å². The lowest BCUT2D eigenvalue weighted by molar-refractivity contribution is -0.143. The summed E-state index contributed by atoms with van der Waals surface area (Å²) in [7, 11) is 0. The number of halogens is 3. The first-order valence-corrected chi connectivity index (χ1v) is 5.80. The van der Waals surface area contributed by atoms with Crippen LogP contribution in [-0.4, -0.2) is 21.6 Å². The number of pyridine rings is 1. The number of aliphatic carboxylic acids is 1. The van der Waals surface area contributed by atoms with Crippen molar-refractivity contribution in [2.45, 2.75) is 38.4 Å². The van der Waals surface area contributed by atoms with E-state index in [9.17, 15) is 23.1 Å². The highest BCUT2D eigenvalue weighted by atomic mass is 19.4. The Morgan fingerprint density at radius 3 is 2.37 bits per heavy atom. The van der Waals surface area contributed by atoms with E-state index >= 15 is 0 Å². The number of hydrogen-bond donors (Lipinski definition) is 2. The van der Waals surface area contributed by atoms with Crippen molar-refractivity contribution in [3.05, 3.63) is 23.9 Å². The normalized spacial score (nSPS) is 12.3. The Bertz CT molecular complexity index is 457. The Hall–Kier alpha value is -1.79. The maximum atomic E-state index is 12.8. The van der Waals surface area contributed by atoms with Gasteiger partial charge in [-0.25, -0.2) is 9.78 Å². The van der Waals surface area contributed by atoms with E-state index in [-0.39, 0.29) is 12.8 Å². The summed E-state index contributed by atoms with van der Waals surface area (Å²) in [6.07, 6.45) is -3.10. The van der Waals surface area contributed by atoms with Gasteiger partial charge in [0.25, 0.3) is 0 Å². The average Bonchev–Trinajstić information content (AvgIpc) is 2.35. The van der Waals surface area contributed by atoms with Crippen molar-refractivity contribution in [1.29, 1.82) is 0 Å². The number of alkyl halides is 3. The molecule has 19 heavy (non-hydrogen) atoms. The molecule has 0 saturated heterocycles. The molecule has 0 radical (unpaired) electrons. The molecule has 2 N–H and O–H groups in total. The van der Waals surface area contributed by atoms with E-state index in [0.717, 1.165) is 12.1 Å². The van der Waals surface area contributed by atoms with Crippen LogP contribution in [-0.2, 0) is 11.0 Å². The number of nitrogens with one attached hydrogen (secondary N) is 1. The first-order valence-electron chi connectivity index (χ1n) is 5.80. The molecule has 0 aliphatic heterocycles. The molecule has 0 saturated carbocycles. The number of carbonyl (C=O) groups is 1. The van der Waals surface area contributed by atoms with Crippen LogP contribution in [0.5, 0.6) is 0 Å². The molecule has 0 aromatic carbocycles. The third-order valence-corrected chi connectivity index (χ3v) is 3.09. The first kappa shape index (κ1) is 15.3. The van der Waals surface area contributed by atoms with Crippen molar-refractivity contribution in [1.82, 2.24) is 4.98 Å². The van der Waals surface area contributed by atoms with Crippen LogP contribution in [0.3, 0.4) is 0 Å². The Balaban J connectivity index is 3.22. The van der Waals surface area contributed by atoms with E-state index in [1.165, 1.54) is 6.20 Å². The van der Waals surface area contributed by atoms with Crippen LogP contribution in [0.4, 0.5) is 19.0 Å². The van der Waals surface area contributed by atoms with Gasteiger partial charge >= 0.3 is 12.1 Å². The Morgan fingerprint density at radius 1 is 1.37 bits per heavy atom. The minimum Gasteiger partial charge on any atom is -0.480 e. The van der Waals surface area contributed by atoms with E-state index in [1.54, 1.807) is 13.8 Å².